The average molecular weight is 263 g/mol. The van der Waals surface area contributed by atoms with E-state index in [1.807, 2.05) is 18.3 Å². The van der Waals surface area contributed by atoms with E-state index in [1.54, 1.807) is 0 Å². The van der Waals surface area contributed by atoms with Crippen LogP contribution in [0.1, 0.15) is 26.2 Å². The highest BCUT2D eigenvalue weighted by Gasteiger charge is 2.17. The van der Waals surface area contributed by atoms with Crippen molar-refractivity contribution in [2.45, 2.75) is 26.2 Å². The zero-order valence-electron chi connectivity index (χ0n) is 12.1. The molecule has 1 aromatic rings. The molecule has 0 saturated carbocycles. The van der Waals surface area contributed by atoms with Gasteiger partial charge in [-0.3, -0.25) is 0 Å². The van der Waals surface area contributed by atoms with Gasteiger partial charge in [-0.05, 0) is 57.5 Å². The zero-order chi connectivity index (χ0) is 13.5. The molecule has 0 radical (unpaired) electrons. The van der Waals surface area contributed by atoms with E-state index in [0.717, 1.165) is 37.1 Å². The molecule has 2 rings (SSSR count). The molecular formula is C15H25N3O. The molecule has 0 bridgehead atoms. The third-order valence-corrected chi connectivity index (χ3v) is 3.63. The van der Waals surface area contributed by atoms with Gasteiger partial charge in [0.1, 0.15) is 0 Å². The molecule has 19 heavy (non-hydrogen) atoms. The van der Waals surface area contributed by atoms with Crippen LogP contribution in [-0.4, -0.2) is 43.2 Å². The normalized spacial score (nSPS) is 17.4. The van der Waals surface area contributed by atoms with E-state index in [0.29, 0.717) is 0 Å². The van der Waals surface area contributed by atoms with Crippen LogP contribution in [0.5, 0.6) is 5.75 Å². The van der Waals surface area contributed by atoms with Crippen molar-refractivity contribution >= 4 is 5.82 Å². The standard InChI is InChI=1S/C15H25N3O/c1-3-11-19-14-5-4-8-16-15(14)17-12-13-6-9-18(2)10-7-13/h4-5,8,13H,3,6-7,9-12H2,1-2H3,(H,16,17). The largest absolute Gasteiger partial charge is 0.490 e. The number of anilines is 1. The molecule has 1 aromatic heterocycles. The molecule has 4 nitrogen and oxygen atoms in total. The van der Waals surface area contributed by atoms with Crippen molar-refractivity contribution in [3.63, 3.8) is 0 Å². The lowest BCUT2D eigenvalue weighted by atomic mass is 9.97. The minimum atomic E-state index is 0.745. The van der Waals surface area contributed by atoms with Crippen molar-refractivity contribution < 1.29 is 4.74 Å². The van der Waals surface area contributed by atoms with E-state index in [4.69, 9.17) is 4.74 Å². The number of ether oxygens (including phenoxy) is 1. The smallest absolute Gasteiger partial charge is 0.168 e. The molecule has 0 amide bonds. The van der Waals surface area contributed by atoms with Gasteiger partial charge in [-0.1, -0.05) is 6.92 Å². The van der Waals surface area contributed by atoms with Crippen LogP contribution in [-0.2, 0) is 0 Å². The first-order chi connectivity index (χ1) is 9.29. The van der Waals surface area contributed by atoms with Gasteiger partial charge in [0.15, 0.2) is 11.6 Å². The van der Waals surface area contributed by atoms with Crippen LogP contribution in [0, 0.1) is 5.92 Å². The quantitative estimate of drug-likeness (QED) is 0.856. The molecule has 106 valence electrons. The van der Waals surface area contributed by atoms with Gasteiger partial charge in [0.2, 0.25) is 0 Å². The van der Waals surface area contributed by atoms with Gasteiger partial charge in [0.25, 0.3) is 0 Å². The fourth-order valence-corrected chi connectivity index (χ4v) is 2.36. The Balaban J connectivity index is 1.84. The number of piperidine rings is 1. The molecule has 4 heteroatoms. The van der Waals surface area contributed by atoms with Crippen LogP contribution in [0.25, 0.3) is 0 Å². The van der Waals surface area contributed by atoms with Gasteiger partial charge in [-0.2, -0.15) is 0 Å². The van der Waals surface area contributed by atoms with E-state index in [9.17, 15) is 0 Å². The second kappa shape index (κ2) is 7.34. The topological polar surface area (TPSA) is 37.4 Å². The third-order valence-electron chi connectivity index (χ3n) is 3.63. The van der Waals surface area contributed by atoms with Crippen molar-refractivity contribution in [2.75, 3.05) is 38.6 Å². The predicted octanol–water partition coefficient (Wildman–Crippen LogP) is 2.62. The number of rotatable bonds is 6. The average Bonchev–Trinajstić information content (AvgIpc) is 2.45. The van der Waals surface area contributed by atoms with Crippen molar-refractivity contribution in [2.24, 2.45) is 5.92 Å². The molecular weight excluding hydrogens is 238 g/mol. The second-order valence-corrected chi connectivity index (χ2v) is 5.33. The Hall–Kier alpha value is -1.29. The molecule has 2 heterocycles. The highest BCUT2D eigenvalue weighted by atomic mass is 16.5. The van der Waals surface area contributed by atoms with E-state index in [2.05, 4.69) is 29.2 Å². The maximum absolute atomic E-state index is 5.71. The summed E-state index contributed by atoms with van der Waals surface area (Å²) in [6, 6.07) is 3.91. The van der Waals surface area contributed by atoms with Crippen LogP contribution < -0.4 is 10.1 Å². The molecule has 1 saturated heterocycles. The van der Waals surface area contributed by atoms with Crippen molar-refractivity contribution in [3.05, 3.63) is 18.3 Å². The first kappa shape index (κ1) is 14.1. The number of hydrogen-bond acceptors (Lipinski definition) is 4. The van der Waals surface area contributed by atoms with E-state index >= 15 is 0 Å². The van der Waals surface area contributed by atoms with Crippen molar-refractivity contribution in [1.82, 2.24) is 9.88 Å². The third kappa shape index (κ3) is 4.39. The maximum atomic E-state index is 5.71. The molecule has 1 aliphatic rings. The highest BCUT2D eigenvalue weighted by Crippen LogP contribution is 2.23. The number of hydrogen-bond donors (Lipinski definition) is 1. The van der Waals surface area contributed by atoms with Gasteiger partial charge >= 0.3 is 0 Å². The summed E-state index contributed by atoms with van der Waals surface area (Å²) >= 11 is 0. The van der Waals surface area contributed by atoms with Crippen LogP contribution in [0.15, 0.2) is 18.3 Å². The Morgan fingerprint density at radius 3 is 2.95 bits per heavy atom. The maximum Gasteiger partial charge on any atom is 0.168 e. The number of pyridine rings is 1. The number of nitrogens with one attached hydrogen (secondary N) is 1. The summed E-state index contributed by atoms with van der Waals surface area (Å²) in [7, 11) is 2.19. The van der Waals surface area contributed by atoms with E-state index in [-0.39, 0.29) is 0 Å². The van der Waals surface area contributed by atoms with Gasteiger partial charge in [-0.15, -0.1) is 0 Å². The summed E-state index contributed by atoms with van der Waals surface area (Å²) in [5.41, 5.74) is 0. The second-order valence-electron chi connectivity index (χ2n) is 5.33. The molecule has 0 aliphatic carbocycles. The SMILES string of the molecule is CCCOc1cccnc1NCC1CCN(C)CC1. The summed E-state index contributed by atoms with van der Waals surface area (Å²) in [6.45, 7) is 6.26. The number of aromatic nitrogens is 1. The lowest BCUT2D eigenvalue weighted by Gasteiger charge is -2.29. The molecule has 1 N–H and O–H groups in total. The summed E-state index contributed by atoms with van der Waals surface area (Å²) in [5.74, 6) is 2.50. The summed E-state index contributed by atoms with van der Waals surface area (Å²) < 4.78 is 5.71. The molecule has 0 unspecified atom stereocenters. The summed E-state index contributed by atoms with van der Waals surface area (Å²) in [4.78, 5) is 6.78. The first-order valence-corrected chi connectivity index (χ1v) is 7.30. The Labute approximate surface area is 116 Å². The fourth-order valence-electron chi connectivity index (χ4n) is 2.36. The molecule has 0 atom stereocenters. The van der Waals surface area contributed by atoms with Crippen LogP contribution >= 0.6 is 0 Å². The minimum absolute atomic E-state index is 0.745. The highest BCUT2D eigenvalue weighted by molar-refractivity contribution is 5.49. The predicted molar refractivity (Wildman–Crippen MR) is 78.7 cm³/mol. The molecule has 0 spiro atoms. The Morgan fingerprint density at radius 2 is 2.21 bits per heavy atom. The van der Waals surface area contributed by atoms with Gasteiger partial charge in [0, 0.05) is 12.7 Å². The summed E-state index contributed by atoms with van der Waals surface area (Å²) in [5, 5.41) is 3.45. The Kier molecular flexibility index (Phi) is 5.45. The number of nitrogens with zero attached hydrogens (tertiary/aromatic N) is 2. The number of likely N-dealkylation sites (tertiary alicyclic amines) is 1. The van der Waals surface area contributed by atoms with Crippen molar-refractivity contribution in [1.29, 1.82) is 0 Å². The summed E-state index contributed by atoms with van der Waals surface area (Å²) in [6.07, 6.45) is 5.36. The van der Waals surface area contributed by atoms with E-state index in [1.165, 1.54) is 25.9 Å². The Bertz CT molecular complexity index is 375. The zero-order valence-corrected chi connectivity index (χ0v) is 12.1. The first-order valence-electron chi connectivity index (χ1n) is 7.30. The minimum Gasteiger partial charge on any atom is -0.490 e. The molecule has 1 fully saturated rings. The van der Waals surface area contributed by atoms with Gasteiger partial charge < -0.3 is 15.0 Å². The monoisotopic (exact) mass is 263 g/mol. The lowest BCUT2D eigenvalue weighted by molar-refractivity contribution is 0.226. The Morgan fingerprint density at radius 1 is 1.42 bits per heavy atom. The lowest BCUT2D eigenvalue weighted by Crippen LogP contribution is -2.33. The van der Waals surface area contributed by atoms with Crippen molar-refractivity contribution in [3.8, 4) is 5.75 Å². The molecule has 0 aromatic carbocycles. The fraction of sp³-hybridized carbons (Fsp3) is 0.667. The van der Waals surface area contributed by atoms with Gasteiger partial charge in [0.05, 0.1) is 6.61 Å². The van der Waals surface area contributed by atoms with Crippen LogP contribution in [0.4, 0.5) is 5.82 Å². The molecule has 1 aliphatic heterocycles. The van der Waals surface area contributed by atoms with Gasteiger partial charge in [-0.25, -0.2) is 4.98 Å². The van der Waals surface area contributed by atoms with Crippen LogP contribution in [0.3, 0.4) is 0 Å². The van der Waals surface area contributed by atoms with Crippen LogP contribution in [0.2, 0.25) is 0 Å². The van der Waals surface area contributed by atoms with E-state index < -0.39 is 0 Å².